The number of methoxy groups -OCH3 is 1. The third kappa shape index (κ3) is 4.26. The highest BCUT2D eigenvalue weighted by Gasteiger charge is 2.05. The van der Waals surface area contributed by atoms with Crippen molar-refractivity contribution in [2.75, 3.05) is 20.3 Å². The molecule has 0 radical (unpaired) electrons. The van der Waals surface area contributed by atoms with Gasteiger partial charge in [0.2, 0.25) is 5.28 Å². The summed E-state index contributed by atoms with van der Waals surface area (Å²) in [5.41, 5.74) is 0. The Morgan fingerprint density at radius 3 is 2.37 bits per heavy atom. The molecule has 1 aromatic carbocycles. The van der Waals surface area contributed by atoms with Crippen molar-refractivity contribution in [2.24, 2.45) is 0 Å². The smallest absolute Gasteiger partial charge is 0.324 e. The molecule has 0 saturated heterocycles. The SMILES string of the molecule is COc1nc(Cl)nc(OCCOc2ccccc2)n1. The predicted molar refractivity (Wildman–Crippen MR) is 68.8 cm³/mol. The standard InChI is InChI=1S/C12H12ClN3O3/c1-17-11-14-10(13)15-12(16-11)19-8-7-18-9-5-3-2-4-6-9/h2-6H,7-8H2,1H3. The molecule has 0 amide bonds. The molecule has 0 bridgehead atoms. The van der Waals surface area contributed by atoms with Crippen LogP contribution in [-0.4, -0.2) is 35.3 Å². The summed E-state index contributed by atoms with van der Waals surface area (Å²) in [6.45, 7) is 0.661. The van der Waals surface area contributed by atoms with Gasteiger partial charge in [-0.3, -0.25) is 0 Å². The summed E-state index contributed by atoms with van der Waals surface area (Å²) >= 11 is 5.68. The summed E-state index contributed by atoms with van der Waals surface area (Å²) in [7, 11) is 1.44. The van der Waals surface area contributed by atoms with Gasteiger partial charge in [0.1, 0.15) is 19.0 Å². The molecule has 0 unspecified atom stereocenters. The van der Waals surface area contributed by atoms with Crippen molar-refractivity contribution in [1.29, 1.82) is 0 Å². The summed E-state index contributed by atoms with van der Waals surface area (Å²) < 4.78 is 15.6. The van der Waals surface area contributed by atoms with E-state index < -0.39 is 0 Å². The summed E-state index contributed by atoms with van der Waals surface area (Å²) in [5, 5.41) is 0.0193. The van der Waals surface area contributed by atoms with Crippen molar-refractivity contribution < 1.29 is 14.2 Å². The first-order valence-electron chi connectivity index (χ1n) is 5.54. The van der Waals surface area contributed by atoms with Crippen LogP contribution in [-0.2, 0) is 0 Å². The van der Waals surface area contributed by atoms with Gasteiger partial charge in [-0.1, -0.05) is 18.2 Å². The number of nitrogens with zero attached hydrogens (tertiary/aromatic N) is 3. The van der Waals surface area contributed by atoms with Crippen LogP contribution in [0.1, 0.15) is 0 Å². The fourth-order valence-corrected chi connectivity index (χ4v) is 1.42. The maximum Gasteiger partial charge on any atom is 0.324 e. The van der Waals surface area contributed by atoms with Crippen LogP contribution in [0.25, 0.3) is 0 Å². The van der Waals surface area contributed by atoms with Gasteiger partial charge < -0.3 is 14.2 Å². The molecule has 100 valence electrons. The van der Waals surface area contributed by atoms with E-state index in [0.29, 0.717) is 13.2 Å². The summed E-state index contributed by atoms with van der Waals surface area (Å²) in [6, 6.07) is 9.65. The Morgan fingerprint density at radius 2 is 1.63 bits per heavy atom. The Balaban J connectivity index is 1.81. The van der Waals surface area contributed by atoms with Gasteiger partial charge >= 0.3 is 12.0 Å². The minimum Gasteiger partial charge on any atom is -0.490 e. The van der Waals surface area contributed by atoms with Gasteiger partial charge in [-0.15, -0.1) is 4.98 Å². The van der Waals surface area contributed by atoms with E-state index >= 15 is 0 Å². The van der Waals surface area contributed by atoms with Crippen molar-refractivity contribution in [2.45, 2.75) is 0 Å². The molecule has 1 aromatic heterocycles. The third-order valence-corrected chi connectivity index (χ3v) is 2.25. The molecule has 19 heavy (non-hydrogen) atoms. The van der Waals surface area contributed by atoms with Gasteiger partial charge in [0.15, 0.2) is 0 Å². The van der Waals surface area contributed by atoms with E-state index in [-0.39, 0.29) is 17.3 Å². The van der Waals surface area contributed by atoms with Crippen LogP contribution in [0.2, 0.25) is 5.28 Å². The molecule has 6 nitrogen and oxygen atoms in total. The van der Waals surface area contributed by atoms with Crippen molar-refractivity contribution in [3.8, 4) is 17.8 Å². The molecule has 2 rings (SSSR count). The fourth-order valence-electron chi connectivity index (χ4n) is 1.28. The van der Waals surface area contributed by atoms with Crippen LogP contribution in [0.4, 0.5) is 0 Å². The zero-order valence-electron chi connectivity index (χ0n) is 10.2. The monoisotopic (exact) mass is 281 g/mol. The lowest BCUT2D eigenvalue weighted by Gasteiger charge is -2.07. The maximum absolute atomic E-state index is 5.68. The van der Waals surface area contributed by atoms with Gasteiger partial charge in [0, 0.05) is 0 Å². The molecule has 1 heterocycles. The molecule has 0 saturated carbocycles. The number of ether oxygens (including phenoxy) is 3. The second-order valence-electron chi connectivity index (χ2n) is 3.38. The number of hydrogen-bond donors (Lipinski definition) is 0. The zero-order valence-corrected chi connectivity index (χ0v) is 11.0. The molecule has 0 aliphatic heterocycles. The summed E-state index contributed by atoms with van der Waals surface area (Å²) in [5.74, 6) is 0.775. The number of rotatable bonds is 6. The molecular weight excluding hydrogens is 270 g/mol. The van der Waals surface area contributed by atoms with Crippen LogP contribution in [0, 0.1) is 0 Å². The van der Waals surface area contributed by atoms with Crippen molar-refractivity contribution in [3.63, 3.8) is 0 Å². The van der Waals surface area contributed by atoms with Gasteiger partial charge in [-0.05, 0) is 23.7 Å². The molecule has 0 N–H and O–H groups in total. The van der Waals surface area contributed by atoms with Crippen LogP contribution < -0.4 is 14.2 Å². The second kappa shape index (κ2) is 6.75. The van der Waals surface area contributed by atoms with Crippen LogP contribution in [0.5, 0.6) is 17.8 Å². The Hall–Kier alpha value is -2.08. The highest BCUT2D eigenvalue weighted by Crippen LogP contribution is 2.12. The molecule has 0 aliphatic carbocycles. The minimum atomic E-state index is 0.0193. The first kappa shape index (κ1) is 13.4. The number of hydrogen-bond acceptors (Lipinski definition) is 6. The Morgan fingerprint density at radius 1 is 0.947 bits per heavy atom. The van der Waals surface area contributed by atoms with Crippen LogP contribution in [0.3, 0.4) is 0 Å². The summed E-state index contributed by atoms with van der Waals surface area (Å²) in [4.78, 5) is 11.4. The molecule has 0 aliphatic rings. The van der Waals surface area contributed by atoms with Crippen molar-refractivity contribution >= 4 is 11.6 Å². The van der Waals surface area contributed by atoms with Gasteiger partial charge in [-0.25, -0.2) is 0 Å². The molecule has 7 heteroatoms. The van der Waals surface area contributed by atoms with E-state index in [0.717, 1.165) is 5.75 Å². The lowest BCUT2D eigenvalue weighted by atomic mass is 10.3. The third-order valence-electron chi connectivity index (χ3n) is 2.08. The zero-order chi connectivity index (χ0) is 13.5. The number of halogens is 1. The highest BCUT2D eigenvalue weighted by molar-refractivity contribution is 6.28. The van der Waals surface area contributed by atoms with E-state index in [4.69, 9.17) is 25.8 Å². The number of para-hydroxylation sites is 1. The topological polar surface area (TPSA) is 66.4 Å². The molecule has 0 spiro atoms. The first-order chi connectivity index (χ1) is 9.28. The normalized spacial score (nSPS) is 10.0. The Kier molecular flexibility index (Phi) is 4.74. The van der Waals surface area contributed by atoms with E-state index in [1.54, 1.807) is 0 Å². The maximum atomic E-state index is 5.68. The molecule has 0 atom stereocenters. The van der Waals surface area contributed by atoms with Crippen molar-refractivity contribution in [1.82, 2.24) is 15.0 Å². The number of aromatic nitrogens is 3. The highest BCUT2D eigenvalue weighted by atomic mass is 35.5. The van der Waals surface area contributed by atoms with Crippen LogP contribution >= 0.6 is 11.6 Å². The molecular formula is C12H12ClN3O3. The fraction of sp³-hybridized carbons (Fsp3) is 0.250. The lowest BCUT2D eigenvalue weighted by Crippen LogP contribution is -2.11. The second-order valence-corrected chi connectivity index (χ2v) is 3.72. The van der Waals surface area contributed by atoms with Gasteiger partial charge in [0.25, 0.3) is 0 Å². The van der Waals surface area contributed by atoms with E-state index in [1.807, 2.05) is 30.3 Å². The van der Waals surface area contributed by atoms with Crippen LogP contribution in [0.15, 0.2) is 30.3 Å². The predicted octanol–water partition coefficient (Wildman–Crippen LogP) is 1.99. The average molecular weight is 282 g/mol. The van der Waals surface area contributed by atoms with Gasteiger partial charge in [-0.2, -0.15) is 9.97 Å². The lowest BCUT2D eigenvalue weighted by molar-refractivity contribution is 0.203. The van der Waals surface area contributed by atoms with E-state index in [9.17, 15) is 0 Å². The first-order valence-corrected chi connectivity index (χ1v) is 5.92. The minimum absolute atomic E-state index is 0.0193. The molecule has 2 aromatic rings. The largest absolute Gasteiger partial charge is 0.490 e. The number of benzene rings is 1. The van der Waals surface area contributed by atoms with E-state index in [1.165, 1.54) is 7.11 Å². The summed E-state index contributed by atoms with van der Waals surface area (Å²) in [6.07, 6.45) is 0. The average Bonchev–Trinajstić information content (AvgIpc) is 2.44. The van der Waals surface area contributed by atoms with Gasteiger partial charge in [0.05, 0.1) is 7.11 Å². The quantitative estimate of drug-likeness (QED) is 0.755. The Labute approximate surface area is 115 Å². The van der Waals surface area contributed by atoms with E-state index in [2.05, 4.69) is 15.0 Å². The van der Waals surface area contributed by atoms with Crippen molar-refractivity contribution in [3.05, 3.63) is 35.6 Å². The molecule has 0 fully saturated rings. The Bertz CT molecular complexity index is 525.